The minimum absolute atomic E-state index is 0.166. The van der Waals surface area contributed by atoms with Crippen LogP contribution < -0.4 is 10.1 Å². The zero-order valence-corrected chi connectivity index (χ0v) is 16.0. The molecule has 1 unspecified atom stereocenters. The predicted octanol–water partition coefficient (Wildman–Crippen LogP) is 2.26. The Bertz CT molecular complexity index is 857. The molecule has 28 heavy (non-hydrogen) atoms. The maximum atomic E-state index is 11.0. The van der Waals surface area contributed by atoms with Crippen molar-refractivity contribution in [2.24, 2.45) is 10.9 Å². The zero-order chi connectivity index (χ0) is 19.5. The van der Waals surface area contributed by atoms with Gasteiger partial charge in [-0.1, -0.05) is 5.92 Å². The SMILES string of the molecule is CCOc1ccc(C#CC2N=C3CCN(C4CC(C(=O)O)C4)CC3=CN2)cc1. The average molecular weight is 379 g/mol. The molecule has 0 amide bonds. The molecule has 1 aromatic carbocycles. The van der Waals surface area contributed by atoms with Crippen molar-refractivity contribution < 1.29 is 14.6 Å². The Morgan fingerprint density at radius 3 is 2.86 bits per heavy atom. The van der Waals surface area contributed by atoms with E-state index in [4.69, 9.17) is 14.8 Å². The van der Waals surface area contributed by atoms with E-state index in [9.17, 15) is 4.79 Å². The first-order chi connectivity index (χ1) is 13.6. The third-order valence-electron chi connectivity index (χ3n) is 5.58. The highest BCUT2D eigenvalue weighted by atomic mass is 16.5. The number of fused-ring (bicyclic) bond motifs is 1. The number of benzene rings is 1. The molecule has 2 fully saturated rings. The van der Waals surface area contributed by atoms with Gasteiger partial charge in [0.25, 0.3) is 0 Å². The number of ether oxygens (including phenoxy) is 1. The smallest absolute Gasteiger partial charge is 0.306 e. The molecule has 3 aliphatic rings. The van der Waals surface area contributed by atoms with Gasteiger partial charge in [0.1, 0.15) is 5.75 Å². The number of piperidine rings is 1. The molecule has 4 rings (SSSR count). The molecular formula is C22H25N3O3. The predicted molar refractivity (Wildman–Crippen MR) is 107 cm³/mol. The molecule has 0 bridgehead atoms. The van der Waals surface area contributed by atoms with Crippen LogP contribution in [0.15, 0.2) is 41.0 Å². The second-order valence-electron chi connectivity index (χ2n) is 7.42. The third-order valence-corrected chi connectivity index (χ3v) is 5.58. The normalized spacial score (nSPS) is 26.4. The molecule has 1 saturated carbocycles. The minimum atomic E-state index is -0.664. The summed E-state index contributed by atoms with van der Waals surface area (Å²) >= 11 is 0. The zero-order valence-electron chi connectivity index (χ0n) is 16.0. The summed E-state index contributed by atoms with van der Waals surface area (Å²) in [5.41, 5.74) is 3.26. The van der Waals surface area contributed by atoms with E-state index < -0.39 is 5.97 Å². The summed E-state index contributed by atoms with van der Waals surface area (Å²) < 4.78 is 5.45. The Morgan fingerprint density at radius 1 is 1.36 bits per heavy atom. The van der Waals surface area contributed by atoms with Crippen LogP contribution in [0.5, 0.6) is 5.75 Å². The van der Waals surface area contributed by atoms with Crippen molar-refractivity contribution in [3.63, 3.8) is 0 Å². The van der Waals surface area contributed by atoms with Crippen molar-refractivity contribution in [1.29, 1.82) is 0 Å². The third kappa shape index (κ3) is 4.05. The highest BCUT2D eigenvalue weighted by Gasteiger charge is 2.39. The Morgan fingerprint density at radius 2 is 2.14 bits per heavy atom. The van der Waals surface area contributed by atoms with Gasteiger partial charge < -0.3 is 15.2 Å². The summed E-state index contributed by atoms with van der Waals surface area (Å²) in [6, 6.07) is 8.15. The molecule has 6 heteroatoms. The van der Waals surface area contributed by atoms with Gasteiger partial charge in [0, 0.05) is 48.6 Å². The molecule has 0 radical (unpaired) electrons. The Kier molecular flexibility index (Phi) is 5.36. The molecule has 1 aromatic rings. The molecule has 0 spiro atoms. The van der Waals surface area contributed by atoms with Crippen LogP contribution >= 0.6 is 0 Å². The van der Waals surface area contributed by atoms with Crippen LogP contribution in [0.2, 0.25) is 0 Å². The number of carboxylic acid groups (broad SMARTS) is 1. The quantitative estimate of drug-likeness (QED) is 0.785. The number of likely N-dealkylation sites (tertiary alicyclic amines) is 1. The van der Waals surface area contributed by atoms with Gasteiger partial charge in [0.2, 0.25) is 0 Å². The Hall–Kier alpha value is -2.78. The van der Waals surface area contributed by atoms with Crippen LogP contribution in [-0.2, 0) is 4.79 Å². The number of hydrogen-bond donors (Lipinski definition) is 2. The number of nitrogens with one attached hydrogen (secondary N) is 1. The van der Waals surface area contributed by atoms with Gasteiger partial charge in [-0.3, -0.25) is 14.7 Å². The van der Waals surface area contributed by atoms with Crippen molar-refractivity contribution in [3.05, 3.63) is 41.6 Å². The summed E-state index contributed by atoms with van der Waals surface area (Å²) in [5, 5.41) is 12.3. The van der Waals surface area contributed by atoms with Crippen molar-refractivity contribution in [2.45, 2.75) is 38.4 Å². The van der Waals surface area contributed by atoms with Crippen molar-refractivity contribution in [3.8, 4) is 17.6 Å². The fourth-order valence-corrected chi connectivity index (χ4v) is 3.87. The number of carbonyl (C=O) groups is 1. The molecule has 1 atom stereocenters. The molecule has 2 N–H and O–H groups in total. The number of aliphatic carboxylic acids is 1. The number of nitrogens with zero attached hydrogens (tertiary/aromatic N) is 2. The maximum absolute atomic E-state index is 11.0. The summed E-state index contributed by atoms with van der Waals surface area (Å²) in [7, 11) is 0. The Labute approximate surface area is 165 Å². The first-order valence-corrected chi connectivity index (χ1v) is 9.85. The lowest BCUT2D eigenvalue weighted by molar-refractivity contribution is -0.147. The molecule has 0 aromatic heterocycles. The fraction of sp³-hybridized carbons (Fsp3) is 0.455. The summed E-state index contributed by atoms with van der Waals surface area (Å²) in [6.07, 6.45) is 4.22. The molecule has 1 aliphatic carbocycles. The second-order valence-corrected chi connectivity index (χ2v) is 7.42. The summed E-state index contributed by atoms with van der Waals surface area (Å²) in [5.74, 6) is 6.38. The maximum Gasteiger partial charge on any atom is 0.306 e. The van der Waals surface area contributed by atoms with Gasteiger partial charge in [0.15, 0.2) is 6.17 Å². The van der Waals surface area contributed by atoms with Gasteiger partial charge in [-0.25, -0.2) is 0 Å². The molecule has 2 heterocycles. The lowest BCUT2D eigenvalue weighted by Gasteiger charge is -2.44. The van der Waals surface area contributed by atoms with E-state index in [2.05, 4.69) is 22.1 Å². The van der Waals surface area contributed by atoms with Crippen molar-refractivity contribution >= 4 is 11.7 Å². The highest BCUT2D eigenvalue weighted by molar-refractivity contribution is 6.02. The minimum Gasteiger partial charge on any atom is -0.494 e. The fourth-order valence-electron chi connectivity index (χ4n) is 3.87. The molecule has 1 saturated heterocycles. The van der Waals surface area contributed by atoms with Crippen LogP contribution in [0.25, 0.3) is 0 Å². The molecule has 2 aliphatic heterocycles. The van der Waals surface area contributed by atoms with Gasteiger partial charge in [-0.15, -0.1) is 0 Å². The lowest BCUT2D eigenvalue weighted by atomic mass is 9.78. The van der Waals surface area contributed by atoms with E-state index in [0.717, 1.165) is 49.4 Å². The van der Waals surface area contributed by atoms with Crippen LogP contribution in [0.1, 0.15) is 31.7 Å². The van der Waals surface area contributed by atoms with Gasteiger partial charge in [0.05, 0.1) is 12.5 Å². The topological polar surface area (TPSA) is 74.2 Å². The van der Waals surface area contributed by atoms with Crippen LogP contribution in [-0.4, -0.2) is 53.6 Å². The number of rotatable bonds is 4. The number of hydrogen-bond acceptors (Lipinski definition) is 5. The largest absolute Gasteiger partial charge is 0.494 e. The molecule has 146 valence electrons. The monoisotopic (exact) mass is 379 g/mol. The van der Waals surface area contributed by atoms with Gasteiger partial charge >= 0.3 is 5.97 Å². The standard InChI is InChI=1S/C22H25N3O3/c1-2-28-19-6-3-15(4-7-19)5-8-21-23-13-17-14-25(10-9-20(17)24-21)18-11-16(12-18)22(26)27/h3-4,6-7,13,16,18,21,23H,2,9-12,14H2,1H3,(H,26,27). The summed E-state index contributed by atoms with van der Waals surface area (Å²) in [6.45, 7) is 4.39. The van der Waals surface area contributed by atoms with Gasteiger partial charge in [-0.05, 0) is 50.0 Å². The van der Waals surface area contributed by atoms with E-state index in [1.807, 2.05) is 37.4 Å². The Balaban J connectivity index is 1.33. The van der Waals surface area contributed by atoms with E-state index in [0.29, 0.717) is 12.6 Å². The number of aliphatic imine (C=N–C) groups is 1. The second kappa shape index (κ2) is 8.07. The summed E-state index contributed by atoms with van der Waals surface area (Å²) in [4.78, 5) is 18.2. The van der Waals surface area contributed by atoms with Crippen molar-refractivity contribution in [2.75, 3.05) is 19.7 Å². The van der Waals surface area contributed by atoms with Crippen LogP contribution in [0.4, 0.5) is 0 Å². The van der Waals surface area contributed by atoms with Crippen LogP contribution in [0, 0.1) is 17.8 Å². The number of carboxylic acids is 1. The molecular weight excluding hydrogens is 354 g/mol. The van der Waals surface area contributed by atoms with E-state index in [-0.39, 0.29) is 12.1 Å². The first-order valence-electron chi connectivity index (χ1n) is 9.85. The van der Waals surface area contributed by atoms with Crippen molar-refractivity contribution in [1.82, 2.24) is 10.2 Å². The highest BCUT2D eigenvalue weighted by Crippen LogP contribution is 2.34. The van der Waals surface area contributed by atoms with Gasteiger partial charge in [-0.2, -0.15) is 0 Å². The average Bonchev–Trinajstić information content (AvgIpc) is 2.66. The lowest BCUT2D eigenvalue weighted by Crippen LogP contribution is -2.51. The molecule has 6 nitrogen and oxygen atoms in total. The first kappa shape index (κ1) is 18.6. The van der Waals surface area contributed by atoms with E-state index >= 15 is 0 Å². The van der Waals surface area contributed by atoms with Crippen LogP contribution in [0.3, 0.4) is 0 Å². The van der Waals surface area contributed by atoms with E-state index in [1.165, 1.54) is 5.57 Å². The van der Waals surface area contributed by atoms with E-state index in [1.54, 1.807) is 0 Å².